The zero-order valence-electron chi connectivity index (χ0n) is 22.1. The molecule has 1 amide bonds. The molecule has 0 aromatic heterocycles. The maximum atomic E-state index is 13.2. The van der Waals surface area contributed by atoms with Gasteiger partial charge in [0, 0.05) is 8.20 Å². The number of carbonyl (C=O) groups is 1. The fraction of sp³-hybridized carbons (Fsp3) is 0.345. The topological polar surface area (TPSA) is 53.3 Å². The zero-order valence-corrected chi connectivity index (χ0v) is 23.8. The molecule has 1 heterocycles. The van der Waals surface area contributed by atoms with E-state index in [4.69, 9.17) is 4.74 Å². The summed E-state index contributed by atoms with van der Waals surface area (Å²) < 4.78 is 43.9. The number of hydrogen-bond acceptors (Lipinski definition) is 3. The fourth-order valence-corrected chi connectivity index (χ4v) is 5.27. The maximum absolute atomic E-state index is 13.2. The molecule has 1 aliphatic rings. The van der Waals surface area contributed by atoms with Crippen molar-refractivity contribution in [1.82, 2.24) is 0 Å². The number of nitriles is 1. The van der Waals surface area contributed by atoms with E-state index >= 15 is 0 Å². The number of alkyl halides is 3. The number of carbonyl (C=O) groups excluding carboxylic acids is 1. The summed E-state index contributed by atoms with van der Waals surface area (Å²) in [6.07, 6.45) is 2.74. The number of allylic oxidation sites excluding steroid dienone is 2. The Kier molecular flexibility index (Phi) is 9.71. The molecule has 0 radical (unpaired) electrons. The van der Waals surface area contributed by atoms with Crippen molar-refractivity contribution < 1.29 is 22.7 Å². The summed E-state index contributed by atoms with van der Waals surface area (Å²) in [6.45, 7) is 9.56. The standard InChI is InChI=1S/C29H30F3N2O2P2/c1-6-8-25(35)34(16-20-10-13-22(14-11-20)21(7-2)17-37-29(30,31)32)24-15-23(12-9-19(24)3)26-36-27(38-26)28(4,5)18-33/h7,9-15,17H,6,8,16H2,1-5H3/q+1/b21-7+. The van der Waals surface area contributed by atoms with E-state index in [0.29, 0.717) is 36.0 Å². The van der Waals surface area contributed by atoms with Gasteiger partial charge in [-0.15, -0.1) is 0 Å². The van der Waals surface area contributed by atoms with Crippen molar-refractivity contribution in [3.05, 3.63) is 70.8 Å². The summed E-state index contributed by atoms with van der Waals surface area (Å²) in [5.74, 6) is -3.14. The van der Waals surface area contributed by atoms with Crippen LogP contribution in [0.3, 0.4) is 0 Å². The van der Waals surface area contributed by atoms with Crippen molar-refractivity contribution in [3.8, 4) is 6.07 Å². The first-order valence-electron chi connectivity index (χ1n) is 12.2. The Morgan fingerprint density at radius 3 is 2.39 bits per heavy atom. The second-order valence-electron chi connectivity index (χ2n) is 9.46. The number of hydrogen-bond donors (Lipinski definition) is 0. The fourth-order valence-electron chi connectivity index (χ4n) is 3.76. The van der Waals surface area contributed by atoms with Crippen molar-refractivity contribution >= 4 is 50.0 Å². The van der Waals surface area contributed by atoms with Crippen molar-refractivity contribution in [2.75, 3.05) is 4.90 Å². The number of rotatable bonds is 9. The summed E-state index contributed by atoms with van der Waals surface area (Å²) in [5.41, 5.74) is 5.38. The van der Waals surface area contributed by atoms with Gasteiger partial charge in [-0.2, -0.15) is 13.2 Å². The summed E-state index contributed by atoms with van der Waals surface area (Å²) in [6, 6.07) is 15.3. The number of aryl methyl sites for hydroxylation is 1. The molecule has 38 heavy (non-hydrogen) atoms. The van der Waals surface area contributed by atoms with Crippen LogP contribution in [0, 0.1) is 23.7 Å². The van der Waals surface area contributed by atoms with Crippen LogP contribution in [0.25, 0.3) is 5.57 Å². The Labute approximate surface area is 225 Å². The number of amides is 1. The van der Waals surface area contributed by atoms with Crippen LogP contribution in [0.15, 0.2) is 48.5 Å². The van der Waals surface area contributed by atoms with Gasteiger partial charge < -0.3 is 0 Å². The first-order valence-corrected chi connectivity index (χ1v) is 14.1. The molecule has 0 aliphatic carbocycles. The summed E-state index contributed by atoms with van der Waals surface area (Å²) in [7, 11) is 0.140. The Balaban J connectivity index is 1.93. The molecule has 0 spiro atoms. The average molecular weight is 558 g/mol. The van der Waals surface area contributed by atoms with Gasteiger partial charge in [-0.3, -0.25) is 0 Å². The molecule has 0 bridgehead atoms. The quantitative estimate of drug-likeness (QED) is 0.293. The molecule has 1 aliphatic heterocycles. The van der Waals surface area contributed by atoms with Gasteiger partial charge in [-0.05, 0) is 6.92 Å². The second-order valence-corrected chi connectivity index (χ2v) is 11.5. The predicted octanol–water partition coefficient (Wildman–Crippen LogP) is 8.13. The van der Waals surface area contributed by atoms with E-state index in [1.54, 1.807) is 30.0 Å². The van der Waals surface area contributed by atoms with Gasteiger partial charge >= 0.3 is 197 Å². The minimum atomic E-state index is -4.28. The van der Waals surface area contributed by atoms with E-state index in [0.717, 1.165) is 41.5 Å². The molecule has 4 nitrogen and oxygen atoms in total. The first kappa shape index (κ1) is 29.8. The molecular weight excluding hydrogens is 527 g/mol. The van der Waals surface area contributed by atoms with Gasteiger partial charge in [0.2, 0.25) is 0 Å². The van der Waals surface area contributed by atoms with Gasteiger partial charge in [0.1, 0.15) is 0 Å². The number of ether oxygens (including phenoxy) is 1. The predicted molar refractivity (Wildman–Crippen MR) is 153 cm³/mol. The van der Waals surface area contributed by atoms with Crippen LogP contribution in [0.1, 0.15) is 62.8 Å². The molecular formula is C29H30F3N2O2P2+. The molecule has 0 N–H and O–H groups in total. The molecule has 198 valence electrons. The normalized spacial score (nSPS) is 14.2. The van der Waals surface area contributed by atoms with E-state index in [-0.39, 0.29) is 5.91 Å². The van der Waals surface area contributed by atoms with Gasteiger partial charge in [0.15, 0.2) is 0 Å². The molecule has 0 unspecified atom stereocenters. The molecule has 9 heteroatoms. The van der Waals surface area contributed by atoms with Crippen molar-refractivity contribution in [3.63, 3.8) is 0 Å². The third-order valence-corrected chi connectivity index (χ3v) is 8.12. The monoisotopic (exact) mass is 557 g/mol. The number of nitrogens with zero attached hydrogens (tertiary/aromatic N) is 2. The van der Waals surface area contributed by atoms with Gasteiger partial charge in [-0.1, -0.05) is 0 Å². The van der Waals surface area contributed by atoms with Crippen LogP contribution < -0.4 is 4.90 Å². The summed E-state index contributed by atoms with van der Waals surface area (Å²) in [5, 5.41) is 9.35. The molecule has 0 atom stereocenters. The molecule has 2 aromatic carbocycles. The van der Waals surface area contributed by atoms with Crippen LogP contribution in [-0.2, 0) is 16.1 Å². The van der Waals surface area contributed by atoms with Gasteiger partial charge in [0.05, 0.1) is 0 Å². The van der Waals surface area contributed by atoms with E-state index in [1.807, 2.05) is 58.0 Å². The van der Waals surface area contributed by atoms with Crippen LogP contribution in [0.5, 0.6) is 0 Å². The third-order valence-electron chi connectivity index (χ3n) is 6.01. The molecule has 3 rings (SSSR count). The van der Waals surface area contributed by atoms with Crippen LogP contribution in [0.4, 0.5) is 18.9 Å². The summed E-state index contributed by atoms with van der Waals surface area (Å²) >= 11 is 0. The van der Waals surface area contributed by atoms with E-state index in [2.05, 4.69) is 6.07 Å². The van der Waals surface area contributed by atoms with Gasteiger partial charge in [0.25, 0.3) is 0 Å². The molecule has 0 saturated carbocycles. The Morgan fingerprint density at radius 2 is 1.84 bits per heavy atom. The van der Waals surface area contributed by atoms with E-state index in [9.17, 15) is 23.2 Å². The Morgan fingerprint density at radius 1 is 1.18 bits per heavy atom. The second kappa shape index (κ2) is 12.4. The Hall–Kier alpha value is -2.77. The first-order chi connectivity index (χ1) is 17.9. The van der Waals surface area contributed by atoms with Crippen molar-refractivity contribution in [2.45, 2.75) is 59.9 Å². The minimum absolute atomic E-state index is 0.0155. The Bertz CT molecular complexity index is 1380. The molecule has 0 saturated heterocycles. The number of benzene rings is 2. The van der Waals surface area contributed by atoms with E-state index < -0.39 is 19.5 Å². The molecule has 0 fully saturated rings. The SMILES string of the molecule is C/C=C(\C=PC(F)(F)F)c1ccc(CN(C(=O)CCC)c2cc(C3=[P+]=C(C(C)(C)C#N)O3)ccc2C)cc1. The summed E-state index contributed by atoms with van der Waals surface area (Å²) in [4.78, 5) is 15.0. The number of halogens is 3. The van der Waals surface area contributed by atoms with Crippen molar-refractivity contribution in [2.24, 2.45) is 5.41 Å². The zero-order chi connectivity index (χ0) is 28.1. The number of anilines is 1. The average Bonchev–Trinajstić information content (AvgIpc) is 2.83. The van der Waals surface area contributed by atoms with E-state index in [1.165, 1.54) is 0 Å². The van der Waals surface area contributed by atoms with Crippen LogP contribution in [-0.4, -0.2) is 28.6 Å². The van der Waals surface area contributed by atoms with Gasteiger partial charge in [-0.25, -0.2) is 0 Å². The van der Waals surface area contributed by atoms with Crippen LogP contribution >= 0.6 is 16.0 Å². The third kappa shape index (κ3) is 7.41. The van der Waals surface area contributed by atoms with Crippen molar-refractivity contribution in [1.29, 1.82) is 5.26 Å². The van der Waals surface area contributed by atoms with Crippen LogP contribution in [0.2, 0.25) is 0 Å². The molecule has 2 aromatic rings.